The maximum atomic E-state index is 12.3. The SMILES string of the molecule is C=CCN(CC)C(=O)c1cc(S(N)(=O)=O)ccc1C. The highest BCUT2D eigenvalue weighted by Crippen LogP contribution is 2.16. The predicted octanol–water partition coefficient (Wildman–Crippen LogP) is 1.29. The third kappa shape index (κ3) is 3.65. The van der Waals surface area contributed by atoms with Gasteiger partial charge in [0.05, 0.1) is 4.90 Å². The van der Waals surface area contributed by atoms with Crippen molar-refractivity contribution in [2.24, 2.45) is 5.14 Å². The van der Waals surface area contributed by atoms with E-state index < -0.39 is 10.0 Å². The molecule has 6 heteroatoms. The molecule has 0 unspecified atom stereocenters. The van der Waals surface area contributed by atoms with Gasteiger partial charge in [-0.05, 0) is 31.5 Å². The number of nitrogens with two attached hydrogens (primary N) is 1. The predicted molar refractivity (Wildman–Crippen MR) is 74.3 cm³/mol. The average molecular weight is 282 g/mol. The van der Waals surface area contributed by atoms with E-state index in [0.717, 1.165) is 0 Å². The smallest absolute Gasteiger partial charge is 0.254 e. The first-order chi connectivity index (χ1) is 8.81. The minimum Gasteiger partial charge on any atom is -0.335 e. The topological polar surface area (TPSA) is 80.5 Å². The van der Waals surface area contributed by atoms with Crippen LogP contribution in [0.2, 0.25) is 0 Å². The van der Waals surface area contributed by atoms with Gasteiger partial charge in [0, 0.05) is 18.7 Å². The molecule has 1 aromatic rings. The van der Waals surface area contributed by atoms with Crippen LogP contribution in [-0.2, 0) is 10.0 Å². The number of primary sulfonamides is 1. The van der Waals surface area contributed by atoms with Crippen LogP contribution in [0.5, 0.6) is 0 Å². The second kappa shape index (κ2) is 5.99. The minimum atomic E-state index is -3.81. The van der Waals surface area contributed by atoms with Gasteiger partial charge in [-0.2, -0.15) is 0 Å². The molecular weight excluding hydrogens is 264 g/mol. The molecular formula is C13H18N2O3S. The van der Waals surface area contributed by atoms with E-state index in [-0.39, 0.29) is 10.8 Å². The van der Waals surface area contributed by atoms with Crippen molar-refractivity contribution in [3.8, 4) is 0 Å². The molecule has 0 aliphatic heterocycles. The Balaban J connectivity index is 3.26. The molecule has 1 rings (SSSR count). The van der Waals surface area contributed by atoms with Gasteiger partial charge in [-0.1, -0.05) is 12.1 Å². The monoisotopic (exact) mass is 282 g/mol. The summed E-state index contributed by atoms with van der Waals surface area (Å²) >= 11 is 0. The van der Waals surface area contributed by atoms with Gasteiger partial charge in [-0.15, -0.1) is 6.58 Å². The standard InChI is InChI=1S/C13H18N2O3S/c1-4-8-15(5-2)13(16)12-9-11(19(14,17)18)7-6-10(12)3/h4,6-7,9H,1,5,8H2,2-3H3,(H2,14,17,18). The number of rotatable bonds is 5. The number of likely N-dealkylation sites (N-methyl/N-ethyl adjacent to an activating group) is 1. The van der Waals surface area contributed by atoms with E-state index in [1.54, 1.807) is 24.0 Å². The van der Waals surface area contributed by atoms with Gasteiger partial charge in [-0.25, -0.2) is 13.6 Å². The van der Waals surface area contributed by atoms with Gasteiger partial charge in [0.15, 0.2) is 0 Å². The van der Waals surface area contributed by atoms with Gasteiger partial charge in [0.25, 0.3) is 5.91 Å². The highest BCUT2D eigenvalue weighted by Gasteiger charge is 2.18. The van der Waals surface area contributed by atoms with Crippen LogP contribution in [0.25, 0.3) is 0 Å². The van der Waals surface area contributed by atoms with Crippen LogP contribution >= 0.6 is 0 Å². The summed E-state index contributed by atoms with van der Waals surface area (Å²) in [5.41, 5.74) is 1.05. The van der Waals surface area contributed by atoms with Crippen molar-refractivity contribution in [2.45, 2.75) is 18.7 Å². The normalized spacial score (nSPS) is 11.1. The van der Waals surface area contributed by atoms with Gasteiger partial charge in [0.2, 0.25) is 10.0 Å². The second-order valence-electron chi connectivity index (χ2n) is 4.15. The lowest BCUT2D eigenvalue weighted by atomic mass is 10.1. The molecule has 19 heavy (non-hydrogen) atoms. The quantitative estimate of drug-likeness (QED) is 0.826. The molecule has 0 aliphatic carbocycles. The number of benzene rings is 1. The number of hydrogen-bond donors (Lipinski definition) is 1. The Morgan fingerprint density at radius 3 is 2.58 bits per heavy atom. The molecule has 104 valence electrons. The first-order valence-corrected chi connectivity index (χ1v) is 7.39. The summed E-state index contributed by atoms with van der Waals surface area (Å²) in [6.07, 6.45) is 1.63. The molecule has 0 atom stereocenters. The van der Waals surface area contributed by atoms with Crippen molar-refractivity contribution >= 4 is 15.9 Å². The summed E-state index contributed by atoms with van der Waals surface area (Å²) in [6.45, 7) is 8.12. The maximum absolute atomic E-state index is 12.3. The first kappa shape index (κ1) is 15.4. The van der Waals surface area contributed by atoms with Crippen LogP contribution in [0.4, 0.5) is 0 Å². The van der Waals surface area contributed by atoms with Crippen LogP contribution in [-0.4, -0.2) is 32.3 Å². The lowest BCUT2D eigenvalue weighted by Crippen LogP contribution is -2.31. The number of carbonyl (C=O) groups is 1. The molecule has 5 nitrogen and oxygen atoms in total. The summed E-state index contributed by atoms with van der Waals surface area (Å²) in [7, 11) is -3.81. The molecule has 0 radical (unpaired) electrons. The zero-order valence-corrected chi connectivity index (χ0v) is 11.9. The van der Waals surface area contributed by atoms with Crippen molar-refractivity contribution in [1.29, 1.82) is 0 Å². The Labute approximate surface area is 113 Å². The average Bonchev–Trinajstić information content (AvgIpc) is 2.34. The van der Waals surface area contributed by atoms with E-state index in [2.05, 4.69) is 6.58 Å². The third-order valence-corrected chi connectivity index (χ3v) is 3.70. The Morgan fingerprint density at radius 1 is 1.47 bits per heavy atom. The van der Waals surface area contributed by atoms with Gasteiger partial charge in [0.1, 0.15) is 0 Å². The molecule has 0 bridgehead atoms. The summed E-state index contributed by atoms with van der Waals surface area (Å²) in [5.74, 6) is -0.231. The van der Waals surface area contributed by atoms with Crippen molar-refractivity contribution in [2.75, 3.05) is 13.1 Å². The zero-order valence-electron chi connectivity index (χ0n) is 11.1. The lowest BCUT2D eigenvalue weighted by Gasteiger charge is -2.20. The van der Waals surface area contributed by atoms with Gasteiger partial charge < -0.3 is 4.90 Å². The van der Waals surface area contributed by atoms with Gasteiger partial charge in [-0.3, -0.25) is 4.79 Å². The van der Waals surface area contributed by atoms with Crippen molar-refractivity contribution in [3.63, 3.8) is 0 Å². The summed E-state index contributed by atoms with van der Waals surface area (Å²) < 4.78 is 22.6. The van der Waals surface area contributed by atoms with Gasteiger partial charge >= 0.3 is 0 Å². The number of nitrogens with zero attached hydrogens (tertiary/aromatic N) is 1. The molecule has 0 fully saturated rings. The molecule has 0 aromatic heterocycles. The van der Waals surface area contributed by atoms with Crippen molar-refractivity contribution < 1.29 is 13.2 Å². The molecule has 0 heterocycles. The van der Waals surface area contributed by atoms with E-state index in [4.69, 9.17) is 5.14 Å². The number of aryl methyl sites for hydroxylation is 1. The summed E-state index contributed by atoms with van der Waals surface area (Å²) in [4.78, 5) is 13.8. The largest absolute Gasteiger partial charge is 0.335 e. The van der Waals surface area contributed by atoms with Crippen LogP contribution in [0.3, 0.4) is 0 Å². The fourth-order valence-electron chi connectivity index (χ4n) is 1.69. The second-order valence-corrected chi connectivity index (χ2v) is 5.72. The highest BCUT2D eigenvalue weighted by atomic mass is 32.2. The van der Waals surface area contributed by atoms with E-state index in [9.17, 15) is 13.2 Å². The minimum absolute atomic E-state index is 0.0592. The molecule has 2 N–H and O–H groups in total. The number of carbonyl (C=O) groups excluding carboxylic acids is 1. The molecule has 1 aromatic carbocycles. The molecule has 0 aliphatic rings. The first-order valence-electron chi connectivity index (χ1n) is 5.84. The highest BCUT2D eigenvalue weighted by molar-refractivity contribution is 7.89. The number of sulfonamides is 1. The van der Waals surface area contributed by atoms with Crippen LogP contribution in [0, 0.1) is 6.92 Å². The lowest BCUT2D eigenvalue weighted by molar-refractivity contribution is 0.0781. The van der Waals surface area contributed by atoms with E-state index in [1.165, 1.54) is 12.1 Å². The Hall–Kier alpha value is -1.66. The van der Waals surface area contributed by atoms with E-state index >= 15 is 0 Å². The number of amides is 1. The molecule has 0 saturated carbocycles. The third-order valence-electron chi connectivity index (χ3n) is 2.79. The van der Waals surface area contributed by atoms with Crippen molar-refractivity contribution in [1.82, 2.24) is 4.90 Å². The van der Waals surface area contributed by atoms with E-state index in [1.807, 2.05) is 6.92 Å². The summed E-state index contributed by atoms with van der Waals surface area (Å²) in [5, 5.41) is 5.07. The Bertz CT molecular complexity index is 594. The molecule has 0 spiro atoms. The fourth-order valence-corrected chi connectivity index (χ4v) is 2.23. The zero-order chi connectivity index (χ0) is 14.6. The van der Waals surface area contributed by atoms with Crippen LogP contribution in [0.1, 0.15) is 22.8 Å². The fraction of sp³-hybridized carbons (Fsp3) is 0.308. The van der Waals surface area contributed by atoms with E-state index in [0.29, 0.717) is 24.2 Å². The number of hydrogen-bond acceptors (Lipinski definition) is 3. The molecule has 0 saturated heterocycles. The molecule has 1 amide bonds. The van der Waals surface area contributed by atoms with Crippen molar-refractivity contribution in [3.05, 3.63) is 42.0 Å². The van der Waals surface area contributed by atoms with Crippen LogP contribution in [0.15, 0.2) is 35.7 Å². The Morgan fingerprint density at radius 2 is 2.11 bits per heavy atom. The van der Waals surface area contributed by atoms with Crippen LogP contribution < -0.4 is 5.14 Å². The summed E-state index contributed by atoms with van der Waals surface area (Å²) in [6, 6.07) is 4.29. The Kier molecular flexibility index (Phi) is 4.85. The maximum Gasteiger partial charge on any atom is 0.254 e.